The van der Waals surface area contributed by atoms with Gasteiger partial charge < -0.3 is 19.1 Å². The van der Waals surface area contributed by atoms with Crippen LogP contribution in [0.5, 0.6) is 11.5 Å². The van der Waals surface area contributed by atoms with Crippen molar-refractivity contribution in [1.82, 2.24) is 0 Å². The van der Waals surface area contributed by atoms with Crippen molar-refractivity contribution in [2.75, 3.05) is 32.7 Å². The van der Waals surface area contributed by atoms with E-state index in [2.05, 4.69) is 0 Å². The van der Waals surface area contributed by atoms with Crippen molar-refractivity contribution in [3.05, 3.63) is 59.4 Å². The summed E-state index contributed by atoms with van der Waals surface area (Å²) < 4.78 is 15.5. The average molecular weight is 353 g/mol. The van der Waals surface area contributed by atoms with E-state index in [-0.39, 0.29) is 18.1 Å². The number of rotatable bonds is 5. The molecule has 1 aliphatic heterocycles. The monoisotopic (exact) mass is 353 g/mol. The molecule has 0 fully saturated rings. The van der Waals surface area contributed by atoms with Gasteiger partial charge in [-0.15, -0.1) is 0 Å². The minimum absolute atomic E-state index is 0.148. The largest absolute Gasteiger partial charge is 0.452 e. The first-order valence-electron chi connectivity index (χ1n) is 8.03. The molecule has 0 aliphatic carbocycles. The van der Waals surface area contributed by atoms with E-state index in [4.69, 9.17) is 14.2 Å². The fourth-order valence-electron chi connectivity index (χ4n) is 2.53. The van der Waals surface area contributed by atoms with E-state index in [1.165, 1.54) is 13.2 Å². The minimum atomic E-state index is -0.520. The second-order valence-corrected chi connectivity index (χ2v) is 5.99. The van der Waals surface area contributed by atoms with Crippen LogP contribution in [0.15, 0.2) is 48.2 Å². The van der Waals surface area contributed by atoms with E-state index < -0.39 is 5.97 Å². The van der Waals surface area contributed by atoms with Gasteiger partial charge in [-0.25, -0.2) is 4.79 Å². The highest BCUT2D eigenvalue weighted by molar-refractivity contribution is 6.14. The Morgan fingerprint density at radius 2 is 1.88 bits per heavy atom. The molecular weight excluding hydrogens is 334 g/mol. The van der Waals surface area contributed by atoms with Crippen LogP contribution in [0.25, 0.3) is 6.08 Å². The predicted octanol–water partition coefficient (Wildman–Crippen LogP) is 2.92. The van der Waals surface area contributed by atoms with Crippen molar-refractivity contribution in [3.63, 3.8) is 0 Å². The van der Waals surface area contributed by atoms with Crippen LogP contribution >= 0.6 is 0 Å². The Hall–Kier alpha value is -3.12. The number of allylic oxidation sites excluding steroid dienone is 1. The predicted molar refractivity (Wildman–Crippen MR) is 97.7 cm³/mol. The molecule has 2 aromatic carbocycles. The van der Waals surface area contributed by atoms with Gasteiger partial charge in [0.15, 0.2) is 5.76 Å². The second kappa shape index (κ2) is 7.41. The smallest absolute Gasteiger partial charge is 0.337 e. The number of carbonyl (C=O) groups is 2. The molecule has 0 saturated carbocycles. The van der Waals surface area contributed by atoms with Crippen LogP contribution in [0, 0.1) is 0 Å². The molecule has 0 bridgehead atoms. The Morgan fingerprint density at radius 3 is 2.54 bits per heavy atom. The molecule has 134 valence electrons. The number of anilines is 1. The molecule has 1 heterocycles. The van der Waals surface area contributed by atoms with Gasteiger partial charge in [0.25, 0.3) is 0 Å². The lowest BCUT2D eigenvalue weighted by molar-refractivity contribution is -0.138. The third-order valence-electron chi connectivity index (χ3n) is 3.84. The van der Waals surface area contributed by atoms with E-state index in [0.29, 0.717) is 17.1 Å². The Balaban J connectivity index is 1.79. The molecule has 0 spiro atoms. The average Bonchev–Trinajstić information content (AvgIpc) is 2.91. The first kappa shape index (κ1) is 17.7. The molecule has 2 aromatic rings. The summed E-state index contributed by atoms with van der Waals surface area (Å²) in [5.74, 6) is 0.182. The molecule has 0 radical (unpaired) electrons. The number of carbonyl (C=O) groups excluding carboxylic acids is 2. The SMILES string of the molecule is COCC(=O)Oc1ccc2c(c1)O/C(=C\c1ccc(N(C)C)cc1)C2=O. The number of Topliss-reactive ketones (excluding diaryl/α,β-unsaturated/α-hetero) is 1. The molecule has 0 aromatic heterocycles. The van der Waals surface area contributed by atoms with E-state index in [0.717, 1.165) is 11.3 Å². The molecule has 3 rings (SSSR count). The maximum absolute atomic E-state index is 12.5. The van der Waals surface area contributed by atoms with E-state index in [1.807, 2.05) is 43.3 Å². The van der Waals surface area contributed by atoms with Crippen LogP contribution in [-0.4, -0.2) is 39.6 Å². The van der Waals surface area contributed by atoms with Crippen molar-refractivity contribution in [2.45, 2.75) is 0 Å². The molecular formula is C20H19NO5. The standard InChI is InChI=1S/C20H19NO5/c1-21(2)14-6-4-13(5-7-14)10-18-20(23)16-9-8-15(11-17(16)26-18)25-19(22)12-24-3/h4-11H,12H2,1-3H3/b18-10-. The normalized spacial score (nSPS) is 14.1. The summed E-state index contributed by atoms with van der Waals surface area (Å²) in [6.07, 6.45) is 1.69. The number of ketones is 1. The molecule has 0 saturated heterocycles. The molecule has 0 atom stereocenters. The number of nitrogens with zero attached hydrogens (tertiary/aromatic N) is 1. The maximum Gasteiger partial charge on any atom is 0.337 e. The maximum atomic E-state index is 12.5. The van der Waals surface area contributed by atoms with Crippen LogP contribution in [0.4, 0.5) is 5.69 Å². The van der Waals surface area contributed by atoms with Gasteiger partial charge in [0, 0.05) is 33.0 Å². The number of hydrogen-bond acceptors (Lipinski definition) is 6. The lowest BCUT2D eigenvalue weighted by Crippen LogP contribution is -2.14. The first-order chi connectivity index (χ1) is 12.5. The van der Waals surface area contributed by atoms with Gasteiger partial charge in [-0.3, -0.25) is 4.79 Å². The van der Waals surface area contributed by atoms with Gasteiger partial charge in [0.1, 0.15) is 18.1 Å². The van der Waals surface area contributed by atoms with Crippen LogP contribution in [0.1, 0.15) is 15.9 Å². The van der Waals surface area contributed by atoms with E-state index in [1.54, 1.807) is 18.2 Å². The summed E-state index contributed by atoms with van der Waals surface area (Å²) >= 11 is 0. The molecule has 6 heteroatoms. The lowest BCUT2D eigenvalue weighted by atomic mass is 10.1. The fourth-order valence-corrected chi connectivity index (χ4v) is 2.53. The second-order valence-electron chi connectivity index (χ2n) is 5.99. The number of methoxy groups -OCH3 is 1. The topological polar surface area (TPSA) is 65.1 Å². The Morgan fingerprint density at radius 1 is 1.15 bits per heavy atom. The van der Waals surface area contributed by atoms with Gasteiger partial charge in [-0.1, -0.05) is 12.1 Å². The molecule has 0 unspecified atom stereocenters. The third kappa shape index (κ3) is 3.75. The Bertz CT molecular complexity index is 868. The summed E-state index contributed by atoms with van der Waals surface area (Å²) in [6.45, 7) is -0.148. The van der Waals surface area contributed by atoms with Crippen molar-refractivity contribution in [2.24, 2.45) is 0 Å². The van der Waals surface area contributed by atoms with Crippen LogP contribution < -0.4 is 14.4 Å². The summed E-state index contributed by atoms with van der Waals surface area (Å²) in [4.78, 5) is 26.0. The van der Waals surface area contributed by atoms with E-state index >= 15 is 0 Å². The zero-order chi connectivity index (χ0) is 18.7. The van der Waals surface area contributed by atoms with Crippen LogP contribution in [0.2, 0.25) is 0 Å². The van der Waals surface area contributed by atoms with Crippen molar-refractivity contribution < 1.29 is 23.8 Å². The van der Waals surface area contributed by atoms with Crippen molar-refractivity contribution in [3.8, 4) is 11.5 Å². The van der Waals surface area contributed by atoms with Gasteiger partial charge in [-0.2, -0.15) is 0 Å². The summed E-state index contributed by atoms with van der Waals surface area (Å²) in [5, 5.41) is 0. The number of benzene rings is 2. The molecule has 26 heavy (non-hydrogen) atoms. The highest BCUT2D eigenvalue weighted by Gasteiger charge is 2.28. The molecule has 0 amide bonds. The summed E-state index contributed by atoms with van der Waals surface area (Å²) in [6, 6.07) is 12.4. The molecule has 1 aliphatic rings. The minimum Gasteiger partial charge on any atom is -0.452 e. The summed E-state index contributed by atoms with van der Waals surface area (Å²) in [7, 11) is 5.34. The van der Waals surface area contributed by atoms with Gasteiger partial charge in [0.2, 0.25) is 5.78 Å². The number of hydrogen-bond donors (Lipinski definition) is 0. The lowest BCUT2D eigenvalue weighted by Gasteiger charge is -2.11. The molecule has 6 nitrogen and oxygen atoms in total. The third-order valence-corrected chi connectivity index (χ3v) is 3.84. The number of ether oxygens (including phenoxy) is 3. The van der Waals surface area contributed by atoms with Crippen molar-refractivity contribution >= 4 is 23.5 Å². The summed E-state index contributed by atoms with van der Waals surface area (Å²) in [5.41, 5.74) is 2.36. The quantitative estimate of drug-likeness (QED) is 0.468. The zero-order valence-corrected chi connectivity index (χ0v) is 14.8. The Kier molecular flexibility index (Phi) is 5.04. The van der Waals surface area contributed by atoms with Gasteiger partial charge in [-0.05, 0) is 35.9 Å². The molecule has 0 N–H and O–H groups in total. The number of fused-ring (bicyclic) bond motifs is 1. The van der Waals surface area contributed by atoms with Gasteiger partial charge >= 0.3 is 5.97 Å². The highest BCUT2D eigenvalue weighted by atomic mass is 16.6. The van der Waals surface area contributed by atoms with Crippen LogP contribution in [0.3, 0.4) is 0 Å². The van der Waals surface area contributed by atoms with Crippen molar-refractivity contribution in [1.29, 1.82) is 0 Å². The zero-order valence-electron chi connectivity index (χ0n) is 14.8. The number of esters is 1. The van der Waals surface area contributed by atoms with E-state index in [9.17, 15) is 9.59 Å². The Labute approximate surface area is 151 Å². The fraction of sp³-hybridized carbons (Fsp3) is 0.200. The first-order valence-corrected chi connectivity index (χ1v) is 8.03. The highest BCUT2D eigenvalue weighted by Crippen LogP contribution is 2.35. The van der Waals surface area contributed by atoms with Gasteiger partial charge in [0.05, 0.1) is 5.56 Å². The van der Waals surface area contributed by atoms with Crippen LogP contribution in [-0.2, 0) is 9.53 Å².